The number of benzene rings is 1. The van der Waals surface area contributed by atoms with Crippen molar-refractivity contribution in [3.63, 3.8) is 0 Å². The van der Waals surface area contributed by atoms with E-state index in [0.29, 0.717) is 5.56 Å². The van der Waals surface area contributed by atoms with Crippen molar-refractivity contribution in [2.75, 3.05) is 0 Å². The van der Waals surface area contributed by atoms with Crippen molar-refractivity contribution in [3.05, 3.63) is 53.7 Å². The second-order valence-corrected chi connectivity index (χ2v) is 4.69. The van der Waals surface area contributed by atoms with Crippen LogP contribution < -0.4 is 0 Å². The molecule has 0 amide bonds. The lowest BCUT2D eigenvalue weighted by atomic mass is 10.0. The maximum absolute atomic E-state index is 12.8. The van der Waals surface area contributed by atoms with E-state index < -0.39 is 12.0 Å². The number of aromatic nitrogens is 3. The molecule has 21 heavy (non-hydrogen) atoms. The van der Waals surface area contributed by atoms with Crippen LogP contribution >= 0.6 is 11.6 Å². The van der Waals surface area contributed by atoms with E-state index in [-0.39, 0.29) is 10.8 Å². The van der Waals surface area contributed by atoms with Gasteiger partial charge in [-0.25, -0.2) is 9.97 Å². The van der Waals surface area contributed by atoms with Crippen molar-refractivity contribution in [3.8, 4) is 11.3 Å². The molecule has 0 aliphatic heterocycles. The number of pyridine rings is 1. The Morgan fingerprint density at radius 3 is 2.62 bits per heavy atom. The van der Waals surface area contributed by atoms with Gasteiger partial charge in [0.1, 0.15) is 5.15 Å². The number of alkyl halides is 3. The molecule has 0 saturated carbocycles. The van der Waals surface area contributed by atoms with Crippen molar-refractivity contribution in [2.45, 2.75) is 6.18 Å². The summed E-state index contributed by atoms with van der Waals surface area (Å²) in [5.41, 5.74) is 0.670. The monoisotopic (exact) mass is 309 g/mol. The molecule has 0 N–H and O–H groups in total. The van der Waals surface area contributed by atoms with Crippen LogP contribution in [0.4, 0.5) is 13.2 Å². The van der Waals surface area contributed by atoms with Gasteiger partial charge in [-0.15, -0.1) is 0 Å². The van der Waals surface area contributed by atoms with Crippen LogP contribution in [0.1, 0.15) is 5.82 Å². The van der Waals surface area contributed by atoms with Gasteiger partial charge >= 0.3 is 6.18 Å². The molecule has 0 atom stereocenters. The summed E-state index contributed by atoms with van der Waals surface area (Å²) in [4.78, 5) is 10.8. The minimum atomic E-state index is -4.65. The second kappa shape index (κ2) is 4.96. The molecular weight excluding hydrogens is 303 g/mol. The van der Waals surface area contributed by atoms with Gasteiger partial charge in [0.2, 0.25) is 5.82 Å². The SMILES string of the molecule is FC(F)(F)c1nc(Cl)cc(-c2cccc3cnccc23)n1. The maximum Gasteiger partial charge on any atom is 0.451 e. The highest BCUT2D eigenvalue weighted by Crippen LogP contribution is 2.32. The lowest BCUT2D eigenvalue weighted by Gasteiger charge is -2.09. The van der Waals surface area contributed by atoms with Gasteiger partial charge in [0.15, 0.2) is 0 Å². The average Bonchev–Trinajstić information content (AvgIpc) is 2.45. The topological polar surface area (TPSA) is 38.7 Å². The molecule has 2 heterocycles. The van der Waals surface area contributed by atoms with Crippen LogP contribution in [0.3, 0.4) is 0 Å². The lowest BCUT2D eigenvalue weighted by molar-refractivity contribution is -0.144. The smallest absolute Gasteiger partial charge is 0.264 e. The Bertz CT molecular complexity index is 813. The van der Waals surface area contributed by atoms with Crippen LogP contribution in [0.15, 0.2) is 42.7 Å². The largest absolute Gasteiger partial charge is 0.451 e. The van der Waals surface area contributed by atoms with Gasteiger partial charge in [-0.3, -0.25) is 4.98 Å². The van der Waals surface area contributed by atoms with E-state index in [0.717, 1.165) is 10.8 Å². The van der Waals surface area contributed by atoms with E-state index in [2.05, 4.69) is 15.0 Å². The van der Waals surface area contributed by atoms with E-state index in [9.17, 15) is 13.2 Å². The molecule has 7 heteroatoms. The molecule has 0 saturated heterocycles. The first-order valence-electron chi connectivity index (χ1n) is 5.90. The number of rotatable bonds is 1. The Morgan fingerprint density at radius 1 is 1.05 bits per heavy atom. The van der Waals surface area contributed by atoms with E-state index >= 15 is 0 Å². The van der Waals surface area contributed by atoms with E-state index in [1.54, 1.807) is 30.6 Å². The standard InChI is InChI=1S/C14H7ClF3N3/c15-12-6-11(20-13(21-12)14(16,17)18)10-3-1-2-8-7-19-5-4-9(8)10/h1-7H. The molecule has 0 bridgehead atoms. The Labute approximate surface area is 122 Å². The molecule has 0 radical (unpaired) electrons. The fraction of sp³-hybridized carbons (Fsp3) is 0.0714. The summed E-state index contributed by atoms with van der Waals surface area (Å²) in [5, 5.41) is 1.30. The zero-order valence-electron chi connectivity index (χ0n) is 10.4. The number of hydrogen-bond donors (Lipinski definition) is 0. The molecule has 106 valence electrons. The van der Waals surface area contributed by atoms with Crippen LogP contribution in [0.2, 0.25) is 5.15 Å². The fourth-order valence-electron chi connectivity index (χ4n) is 2.03. The van der Waals surface area contributed by atoms with Crippen molar-refractivity contribution < 1.29 is 13.2 Å². The molecule has 0 fully saturated rings. The minimum Gasteiger partial charge on any atom is -0.264 e. The molecule has 3 rings (SSSR count). The van der Waals surface area contributed by atoms with E-state index in [1.807, 2.05) is 6.07 Å². The summed E-state index contributed by atoms with van der Waals surface area (Å²) >= 11 is 5.69. The van der Waals surface area contributed by atoms with Crippen LogP contribution in [0.25, 0.3) is 22.0 Å². The molecular formula is C14H7ClF3N3. The molecule has 0 unspecified atom stereocenters. The van der Waals surface area contributed by atoms with Crippen LogP contribution in [0.5, 0.6) is 0 Å². The summed E-state index contributed by atoms with van der Waals surface area (Å²) in [5.74, 6) is -1.25. The number of halogens is 4. The van der Waals surface area contributed by atoms with Gasteiger partial charge in [-0.05, 0) is 11.5 Å². The predicted molar refractivity (Wildman–Crippen MR) is 72.8 cm³/mol. The highest BCUT2D eigenvalue weighted by atomic mass is 35.5. The highest BCUT2D eigenvalue weighted by Gasteiger charge is 2.35. The van der Waals surface area contributed by atoms with Gasteiger partial charge in [-0.1, -0.05) is 29.8 Å². The normalized spacial score (nSPS) is 11.8. The van der Waals surface area contributed by atoms with Crippen LogP contribution in [-0.4, -0.2) is 15.0 Å². The lowest BCUT2D eigenvalue weighted by Crippen LogP contribution is -2.11. The molecule has 0 spiro atoms. The van der Waals surface area contributed by atoms with Gasteiger partial charge in [0, 0.05) is 29.4 Å². The number of fused-ring (bicyclic) bond motifs is 1. The first-order chi connectivity index (χ1) is 9.95. The molecule has 1 aromatic carbocycles. The van der Waals surface area contributed by atoms with Crippen LogP contribution in [-0.2, 0) is 6.18 Å². The van der Waals surface area contributed by atoms with Gasteiger partial charge in [0.25, 0.3) is 0 Å². The maximum atomic E-state index is 12.8. The number of hydrogen-bond acceptors (Lipinski definition) is 3. The van der Waals surface area contributed by atoms with Crippen molar-refractivity contribution >= 4 is 22.4 Å². The first-order valence-corrected chi connectivity index (χ1v) is 6.28. The molecule has 3 nitrogen and oxygen atoms in total. The number of nitrogens with zero attached hydrogens (tertiary/aromatic N) is 3. The average molecular weight is 310 g/mol. The second-order valence-electron chi connectivity index (χ2n) is 4.30. The third kappa shape index (κ3) is 2.67. The summed E-state index contributed by atoms with van der Waals surface area (Å²) in [6, 6.07) is 8.25. The summed E-state index contributed by atoms with van der Waals surface area (Å²) in [6.07, 6.45) is -1.45. The van der Waals surface area contributed by atoms with Gasteiger partial charge in [0.05, 0.1) is 5.69 Å². The summed E-state index contributed by atoms with van der Waals surface area (Å²) in [7, 11) is 0. The Hall–Kier alpha value is -2.21. The third-order valence-electron chi connectivity index (χ3n) is 2.91. The minimum absolute atomic E-state index is 0.124. The Balaban J connectivity index is 2.26. The Morgan fingerprint density at radius 2 is 1.86 bits per heavy atom. The predicted octanol–water partition coefficient (Wildman–Crippen LogP) is 4.36. The molecule has 2 aromatic heterocycles. The van der Waals surface area contributed by atoms with Crippen molar-refractivity contribution in [2.24, 2.45) is 0 Å². The van der Waals surface area contributed by atoms with Gasteiger partial charge < -0.3 is 0 Å². The highest BCUT2D eigenvalue weighted by molar-refractivity contribution is 6.29. The van der Waals surface area contributed by atoms with Crippen molar-refractivity contribution in [1.82, 2.24) is 15.0 Å². The zero-order valence-corrected chi connectivity index (χ0v) is 11.2. The summed E-state index contributed by atoms with van der Waals surface area (Å²) in [6.45, 7) is 0. The Kier molecular flexibility index (Phi) is 3.25. The van der Waals surface area contributed by atoms with E-state index in [4.69, 9.17) is 11.6 Å². The fourth-order valence-corrected chi connectivity index (χ4v) is 2.21. The summed E-state index contributed by atoms with van der Waals surface area (Å²) < 4.78 is 38.4. The van der Waals surface area contributed by atoms with E-state index in [1.165, 1.54) is 6.07 Å². The molecule has 3 aromatic rings. The molecule has 0 aliphatic carbocycles. The first kappa shape index (κ1) is 13.8. The van der Waals surface area contributed by atoms with Crippen LogP contribution in [0, 0.1) is 0 Å². The van der Waals surface area contributed by atoms with Gasteiger partial charge in [-0.2, -0.15) is 13.2 Å². The molecule has 0 aliphatic rings. The quantitative estimate of drug-likeness (QED) is 0.627. The zero-order chi connectivity index (χ0) is 15.0. The van der Waals surface area contributed by atoms with Crippen molar-refractivity contribution in [1.29, 1.82) is 0 Å². The third-order valence-corrected chi connectivity index (χ3v) is 3.10.